The third-order valence-electron chi connectivity index (χ3n) is 3.45. The van der Waals surface area contributed by atoms with E-state index < -0.39 is 17.7 Å². The van der Waals surface area contributed by atoms with Crippen LogP contribution in [0.3, 0.4) is 0 Å². The number of carbonyl (C=O) groups is 1. The molecule has 0 aliphatic rings. The van der Waals surface area contributed by atoms with Crippen molar-refractivity contribution in [1.82, 2.24) is 10.3 Å². The van der Waals surface area contributed by atoms with Gasteiger partial charge in [-0.25, -0.2) is 13.8 Å². The molecule has 0 aliphatic carbocycles. The summed E-state index contributed by atoms with van der Waals surface area (Å²) in [6.45, 7) is 2.06. The highest BCUT2D eigenvalue weighted by Crippen LogP contribution is 2.11. The molecule has 2 rings (SSSR count). The van der Waals surface area contributed by atoms with Crippen LogP contribution in [0.4, 0.5) is 14.6 Å². The molecule has 23 heavy (non-hydrogen) atoms. The average Bonchev–Trinajstić information content (AvgIpc) is 2.49. The predicted octanol–water partition coefficient (Wildman–Crippen LogP) is 1.44. The first-order chi connectivity index (χ1) is 10.9. The zero-order valence-corrected chi connectivity index (χ0v) is 12.6. The first-order valence-corrected chi connectivity index (χ1v) is 7.06. The molecule has 0 saturated carbocycles. The van der Waals surface area contributed by atoms with Crippen molar-refractivity contribution in [2.75, 3.05) is 5.73 Å². The molecule has 122 valence electrons. The summed E-state index contributed by atoms with van der Waals surface area (Å²) < 4.78 is 26.0. The zero-order valence-electron chi connectivity index (χ0n) is 12.6. The Kier molecular flexibility index (Phi) is 5.23. The molecule has 1 amide bonds. The molecule has 1 heterocycles. The molecule has 0 bridgehead atoms. The molecule has 1 atom stereocenters. The van der Waals surface area contributed by atoms with Gasteiger partial charge in [0, 0.05) is 12.2 Å². The number of aromatic nitrogens is 1. The topological polar surface area (TPSA) is 94.0 Å². The highest BCUT2D eigenvalue weighted by Gasteiger charge is 2.15. The van der Waals surface area contributed by atoms with Gasteiger partial charge in [-0.15, -0.1) is 0 Å². The van der Waals surface area contributed by atoms with E-state index >= 15 is 0 Å². The average molecular weight is 320 g/mol. The number of hydrogen-bond acceptors (Lipinski definition) is 4. The van der Waals surface area contributed by atoms with E-state index in [1.807, 2.05) is 0 Å². The third-order valence-corrected chi connectivity index (χ3v) is 3.45. The fourth-order valence-corrected chi connectivity index (χ4v) is 2.12. The number of halogens is 2. The van der Waals surface area contributed by atoms with Crippen molar-refractivity contribution in [3.05, 3.63) is 58.8 Å². The van der Waals surface area contributed by atoms with Crippen molar-refractivity contribution in [3.8, 4) is 0 Å². The van der Waals surface area contributed by atoms with Crippen molar-refractivity contribution in [2.45, 2.75) is 25.9 Å². The Balaban J connectivity index is 1.93. The second kappa shape index (κ2) is 7.15. The molecule has 1 aromatic carbocycles. The summed E-state index contributed by atoms with van der Waals surface area (Å²) in [7, 11) is 0. The van der Waals surface area contributed by atoms with Crippen LogP contribution in [0, 0.1) is 18.6 Å². The summed E-state index contributed by atoms with van der Waals surface area (Å²) in [6, 6.07) is 6.02. The molecule has 1 aromatic heterocycles. The fraction of sp³-hybridized carbons (Fsp3) is 0.250. The number of anilines is 1. The molecule has 5 nitrogen and oxygen atoms in total. The van der Waals surface area contributed by atoms with Crippen LogP contribution in [0.15, 0.2) is 30.3 Å². The Morgan fingerprint density at radius 3 is 2.65 bits per heavy atom. The van der Waals surface area contributed by atoms with Gasteiger partial charge in [0.2, 0.25) is 5.91 Å². The largest absolute Gasteiger partial charge is 0.384 e. The molecule has 0 spiro atoms. The molecule has 0 saturated heterocycles. The maximum atomic E-state index is 13.1. The van der Waals surface area contributed by atoms with Gasteiger partial charge in [0.25, 0.3) is 0 Å². The third kappa shape index (κ3) is 4.46. The summed E-state index contributed by atoms with van der Waals surface area (Å²) in [5.74, 6) is -1.87. The standard InChI is InChI=1S/C16H18F2N4O/c1-9-11(3-5-15(20)22-9)8-21-16(23)14(19)7-10-2-4-12(17)13(18)6-10/h2-6,14H,7-8,19H2,1H3,(H2,20,22)(H,21,23)/t14-/m0/s1. The minimum Gasteiger partial charge on any atom is -0.384 e. The van der Waals surface area contributed by atoms with Gasteiger partial charge >= 0.3 is 0 Å². The van der Waals surface area contributed by atoms with Crippen molar-refractivity contribution in [1.29, 1.82) is 0 Å². The number of nitrogens with zero attached hydrogens (tertiary/aromatic N) is 1. The van der Waals surface area contributed by atoms with E-state index in [0.717, 1.165) is 23.4 Å². The van der Waals surface area contributed by atoms with E-state index in [0.29, 0.717) is 11.4 Å². The quantitative estimate of drug-likeness (QED) is 0.777. The number of aryl methyl sites for hydroxylation is 1. The van der Waals surface area contributed by atoms with Crippen LogP contribution in [0.5, 0.6) is 0 Å². The lowest BCUT2D eigenvalue weighted by molar-refractivity contribution is -0.122. The molecule has 0 aliphatic heterocycles. The number of nitrogens with two attached hydrogens (primary N) is 2. The first kappa shape index (κ1) is 16.8. The number of rotatable bonds is 5. The van der Waals surface area contributed by atoms with Gasteiger partial charge in [0.1, 0.15) is 5.82 Å². The molecule has 0 fully saturated rings. The lowest BCUT2D eigenvalue weighted by atomic mass is 10.1. The summed E-state index contributed by atoms with van der Waals surface area (Å²) in [5, 5.41) is 2.69. The molecule has 0 radical (unpaired) electrons. The monoisotopic (exact) mass is 320 g/mol. The van der Waals surface area contributed by atoms with Crippen molar-refractivity contribution < 1.29 is 13.6 Å². The zero-order chi connectivity index (χ0) is 17.0. The normalized spacial score (nSPS) is 12.0. The van der Waals surface area contributed by atoms with Gasteiger partial charge in [0.15, 0.2) is 11.6 Å². The highest BCUT2D eigenvalue weighted by molar-refractivity contribution is 5.81. The van der Waals surface area contributed by atoms with Crippen LogP contribution in [0.1, 0.15) is 16.8 Å². The lowest BCUT2D eigenvalue weighted by Gasteiger charge is -2.13. The van der Waals surface area contributed by atoms with Gasteiger partial charge in [0.05, 0.1) is 6.04 Å². The Morgan fingerprint density at radius 1 is 1.26 bits per heavy atom. The summed E-state index contributed by atoms with van der Waals surface area (Å²) in [4.78, 5) is 16.1. The minimum absolute atomic E-state index is 0.113. The van der Waals surface area contributed by atoms with Crippen LogP contribution in [-0.2, 0) is 17.8 Å². The second-order valence-electron chi connectivity index (χ2n) is 5.26. The predicted molar refractivity (Wildman–Crippen MR) is 83.3 cm³/mol. The molecule has 5 N–H and O–H groups in total. The van der Waals surface area contributed by atoms with E-state index in [4.69, 9.17) is 11.5 Å². The summed E-state index contributed by atoms with van der Waals surface area (Å²) in [6.07, 6.45) is 0.113. The Bertz CT molecular complexity index is 721. The Labute approximate surface area is 132 Å². The van der Waals surface area contributed by atoms with Crippen LogP contribution >= 0.6 is 0 Å². The van der Waals surface area contributed by atoms with Crippen LogP contribution in [0.25, 0.3) is 0 Å². The lowest BCUT2D eigenvalue weighted by Crippen LogP contribution is -2.41. The molecule has 2 aromatic rings. The van der Waals surface area contributed by atoms with Crippen LogP contribution in [0.2, 0.25) is 0 Å². The Morgan fingerprint density at radius 2 is 2.00 bits per heavy atom. The molecular formula is C16H18F2N4O. The second-order valence-corrected chi connectivity index (χ2v) is 5.26. The maximum absolute atomic E-state index is 13.1. The number of nitrogen functional groups attached to an aromatic ring is 1. The van der Waals surface area contributed by atoms with Crippen molar-refractivity contribution in [3.63, 3.8) is 0 Å². The number of hydrogen-bond donors (Lipinski definition) is 3. The fourth-order valence-electron chi connectivity index (χ4n) is 2.12. The summed E-state index contributed by atoms with van der Waals surface area (Å²) in [5.41, 5.74) is 13.4. The van der Waals surface area contributed by atoms with Gasteiger partial charge in [-0.3, -0.25) is 4.79 Å². The molecule has 0 unspecified atom stereocenters. The number of benzene rings is 1. The van der Waals surface area contributed by atoms with Gasteiger partial charge < -0.3 is 16.8 Å². The summed E-state index contributed by atoms with van der Waals surface area (Å²) >= 11 is 0. The number of carbonyl (C=O) groups excluding carboxylic acids is 1. The molecule has 7 heteroatoms. The molecular weight excluding hydrogens is 302 g/mol. The Hall–Kier alpha value is -2.54. The minimum atomic E-state index is -0.960. The van der Waals surface area contributed by atoms with E-state index in [9.17, 15) is 13.6 Å². The smallest absolute Gasteiger partial charge is 0.237 e. The van der Waals surface area contributed by atoms with Gasteiger partial charge in [-0.2, -0.15) is 0 Å². The first-order valence-electron chi connectivity index (χ1n) is 7.06. The highest BCUT2D eigenvalue weighted by atomic mass is 19.2. The van der Waals surface area contributed by atoms with Gasteiger partial charge in [-0.1, -0.05) is 12.1 Å². The van der Waals surface area contributed by atoms with Crippen molar-refractivity contribution in [2.24, 2.45) is 5.73 Å². The van der Waals surface area contributed by atoms with Crippen LogP contribution in [-0.4, -0.2) is 16.9 Å². The SMILES string of the molecule is Cc1nc(N)ccc1CNC(=O)[C@@H](N)Cc1ccc(F)c(F)c1. The maximum Gasteiger partial charge on any atom is 0.237 e. The van der Waals surface area contributed by atoms with E-state index in [1.54, 1.807) is 19.1 Å². The van der Waals surface area contributed by atoms with E-state index in [2.05, 4.69) is 10.3 Å². The number of nitrogens with one attached hydrogen (secondary N) is 1. The van der Waals surface area contributed by atoms with E-state index in [1.165, 1.54) is 6.07 Å². The van der Waals surface area contributed by atoms with E-state index in [-0.39, 0.29) is 18.9 Å². The van der Waals surface area contributed by atoms with Crippen molar-refractivity contribution >= 4 is 11.7 Å². The number of pyridine rings is 1. The van der Waals surface area contributed by atoms with Gasteiger partial charge in [-0.05, 0) is 42.7 Å². The number of amides is 1. The van der Waals surface area contributed by atoms with Crippen LogP contribution < -0.4 is 16.8 Å².